The number of ether oxygens (including phenoxy) is 1. The molecule has 0 saturated heterocycles. The molecule has 0 aromatic heterocycles. The van der Waals surface area contributed by atoms with E-state index in [4.69, 9.17) is 9.84 Å². The van der Waals surface area contributed by atoms with Gasteiger partial charge >= 0.3 is 12.1 Å². The summed E-state index contributed by atoms with van der Waals surface area (Å²) < 4.78 is 42.9. The molecule has 0 aliphatic heterocycles. The second kappa shape index (κ2) is 8.57. The zero-order chi connectivity index (χ0) is 20.0. The quantitative estimate of drug-likeness (QED) is 0.768. The Morgan fingerprint density at radius 1 is 1.11 bits per heavy atom. The van der Waals surface area contributed by atoms with Gasteiger partial charge < -0.3 is 15.2 Å². The number of amides is 1. The number of carboxylic acids is 1. The molecule has 0 bridgehead atoms. The summed E-state index contributed by atoms with van der Waals surface area (Å²) in [7, 11) is 1.47. The van der Waals surface area contributed by atoms with Crippen molar-refractivity contribution in [1.82, 2.24) is 5.32 Å². The fraction of sp³-hybridized carbons (Fsp3) is 0.263. The van der Waals surface area contributed by atoms with Crippen LogP contribution in [0.2, 0.25) is 0 Å². The summed E-state index contributed by atoms with van der Waals surface area (Å²) in [5.74, 6) is -0.925. The van der Waals surface area contributed by atoms with Gasteiger partial charge in [-0.1, -0.05) is 12.1 Å². The number of rotatable bonds is 7. The van der Waals surface area contributed by atoms with Gasteiger partial charge in [0, 0.05) is 24.1 Å². The van der Waals surface area contributed by atoms with Gasteiger partial charge in [-0.3, -0.25) is 9.59 Å². The number of aryl methyl sites for hydroxylation is 1. The first-order valence-electron chi connectivity index (χ1n) is 8.03. The first-order chi connectivity index (χ1) is 12.7. The van der Waals surface area contributed by atoms with Crippen molar-refractivity contribution >= 4 is 11.9 Å². The molecule has 0 aliphatic carbocycles. The standard InChI is InChI=1S/C19H18F3NO4/c1-27-16-8-2-12(3-9-17(24)25)10-14(16)11-23-18(26)13-4-6-15(7-5-13)19(20,21)22/h2,4-8,10H,3,9,11H2,1H3,(H,23,26)(H,24,25). The van der Waals surface area contributed by atoms with Crippen LogP contribution in [-0.2, 0) is 23.9 Å². The van der Waals surface area contributed by atoms with Crippen molar-refractivity contribution in [3.63, 3.8) is 0 Å². The molecule has 0 unspecified atom stereocenters. The van der Waals surface area contributed by atoms with Gasteiger partial charge in [0.2, 0.25) is 0 Å². The van der Waals surface area contributed by atoms with Crippen LogP contribution in [0, 0.1) is 0 Å². The number of halogens is 3. The third-order valence-corrected chi connectivity index (χ3v) is 3.89. The molecule has 2 rings (SSSR count). The average Bonchev–Trinajstić information content (AvgIpc) is 2.63. The second-order valence-electron chi connectivity index (χ2n) is 5.80. The van der Waals surface area contributed by atoms with Gasteiger partial charge in [-0.05, 0) is 42.3 Å². The zero-order valence-electron chi connectivity index (χ0n) is 14.5. The molecule has 0 heterocycles. The fourth-order valence-corrected chi connectivity index (χ4v) is 2.47. The molecule has 2 aromatic carbocycles. The molecule has 5 nitrogen and oxygen atoms in total. The molecular formula is C19H18F3NO4. The third kappa shape index (κ3) is 5.73. The van der Waals surface area contributed by atoms with Gasteiger partial charge in [-0.15, -0.1) is 0 Å². The monoisotopic (exact) mass is 381 g/mol. The summed E-state index contributed by atoms with van der Waals surface area (Å²) in [6.45, 7) is 0.0872. The first kappa shape index (κ1) is 20.3. The van der Waals surface area contributed by atoms with Crippen LogP contribution in [0.15, 0.2) is 42.5 Å². The lowest BCUT2D eigenvalue weighted by molar-refractivity contribution is -0.138. The summed E-state index contributed by atoms with van der Waals surface area (Å²) in [5, 5.41) is 11.4. The van der Waals surface area contributed by atoms with E-state index in [1.807, 2.05) is 0 Å². The normalized spacial score (nSPS) is 11.1. The number of hydrogen-bond acceptors (Lipinski definition) is 3. The van der Waals surface area contributed by atoms with Crippen molar-refractivity contribution < 1.29 is 32.6 Å². The van der Waals surface area contributed by atoms with Gasteiger partial charge in [0.05, 0.1) is 12.7 Å². The molecule has 0 fully saturated rings. The molecule has 2 N–H and O–H groups in total. The highest BCUT2D eigenvalue weighted by molar-refractivity contribution is 5.94. The molecule has 1 amide bonds. The third-order valence-electron chi connectivity index (χ3n) is 3.89. The number of aliphatic carboxylic acids is 1. The maximum atomic E-state index is 12.6. The van der Waals surface area contributed by atoms with Crippen molar-refractivity contribution in [2.24, 2.45) is 0 Å². The molecule has 0 aliphatic rings. The minimum atomic E-state index is -4.46. The predicted molar refractivity (Wildman–Crippen MR) is 91.6 cm³/mol. The van der Waals surface area contributed by atoms with Crippen molar-refractivity contribution in [1.29, 1.82) is 0 Å². The SMILES string of the molecule is COc1ccc(CCC(=O)O)cc1CNC(=O)c1ccc(C(F)(F)F)cc1. The number of alkyl halides is 3. The molecule has 0 atom stereocenters. The summed E-state index contributed by atoms with van der Waals surface area (Å²) in [5.41, 5.74) is 0.688. The Morgan fingerprint density at radius 2 is 1.78 bits per heavy atom. The highest BCUT2D eigenvalue weighted by Gasteiger charge is 2.30. The number of benzene rings is 2. The Morgan fingerprint density at radius 3 is 2.33 bits per heavy atom. The zero-order valence-corrected chi connectivity index (χ0v) is 14.5. The van der Waals surface area contributed by atoms with Crippen LogP contribution in [0.4, 0.5) is 13.2 Å². The molecule has 0 spiro atoms. The number of carbonyl (C=O) groups is 2. The van der Waals surface area contributed by atoms with E-state index >= 15 is 0 Å². The predicted octanol–water partition coefficient (Wildman–Crippen LogP) is 3.66. The number of carbonyl (C=O) groups excluding carboxylic acids is 1. The average molecular weight is 381 g/mol. The van der Waals surface area contributed by atoms with Crippen molar-refractivity contribution in [3.05, 3.63) is 64.7 Å². The Balaban J connectivity index is 2.07. The minimum Gasteiger partial charge on any atom is -0.496 e. The summed E-state index contributed by atoms with van der Waals surface area (Å²) in [4.78, 5) is 22.9. The van der Waals surface area contributed by atoms with Crippen LogP contribution >= 0.6 is 0 Å². The van der Waals surface area contributed by atoms with Gasteiger partial charge in [0.15, 0.2) is 0 Å². The second-order valence-corrected chi connectivity index (χ2v) is 5.80. The Labute approximate surface area is 153 Å². The summed E-state index contributed by atoms with van der Waals surface area (Å²) >= 11 is 0. The molecule has 0 saturated carbocycles. The molecule has 144 valence electrons. The molecule has 8 heteroatoms. The van der Waals surface area contributed by atoms with Crippen LogP contribution in [0.3, 0.4) is 0 Å². The maximum Gasteiger partial charge on any atom is 0.416 e. The Bertz CT molecular complexity index is 817. The van der Waals surface area contributed by atoms with Crippen LogP contribution < -0.4 is 10.1 Å². The number of hydrogen-bond donors (Lipinski definition) is 2. The minimum absolute atomic E-state index is 0.0241. The van der Waals surface area contributed by atoms with E-state index < -0.39 is 23.6 Å². The van der Waals surface area contributed by atoms with Gasteiger partial charge in [0.25, 0.3) is 5.91 Å². The fourth-order valence-electron chi connectivity index (χ4n) is 2.47. The maximum absolute atomic E-state index is 12.6. The molecule has 0 radical (unpaired) electrons. The number of carboxylic acid groups (broad SMARTS) is 1. The first-order valence-corrected chi connectivity index (χ1v) is 8.03. The van der Waals surface area contributed by atoms with E-state index in [9.17, 15) is 22.8 Å². The number of nitrogens with one attached hydrogen (secondary N) is 1. The Kier molecular flexibility index (Phi) is 6.44. The van der Waals surface area contributed by atoms with Gasteiger partial charge in [-0.25, -0.2) is 0 Å². The van der Waals surface area contributed by atoms with E-state index in [1.165, 1.54) is 7.11 Å². The van der Waals surface area contributed by atoms with Crippen molar-refractivity contribution in [2.45, 2.75) is 25.6 Å². The largest absolute Gasteiger partial charge is 0.496 e. The van der Waals surface area contributed by atoms with Crippen LogP contribution in [0.25, 0.3) is 0 Å². The highest BCUT2D eigenvalue weighted by atomic mass is 19.4. The van der Waals surface area contributed by atoms with Crippen molar-refractivity contribution in [3.8, 4) is 5.75 Å². The van der Waals surface area contributed by atoms with E-state index in [-0.39, 0.29) is 18.5 Å². The number of methoxy groups -OCH3 is 1. The van der Waals surface area contributed by atoms with Crippen molar-refractivity contribution in [2.75, 3.05) is 7.11 Å². The lowest BCUT2D eigenvalue weighted by Crippen LogP contribution is -2.23. The van der Waals surface area contributed by atoms with Crippen LogP contribution in [0.1, 0.15) is 33.5 Å². The lowest BCUT2D eigenvalue weighted by atomic mass is 10.0. The van der Waals surface area contributed by atoms with E-state index in [2.05, 4.69) is 5.32 Å². The van der Waals surface area contributed by atoms with E-state index in [0.717, 1.165) is 29.8 Å². The highest BCUT2D eigenvalue weighted by Crippen LogP contribution is 2.29. The topological polar surface area (TPSA) is 75.6 Å². The van der Waals surface area contributed by atoms with Gasteiger partial charge in [-0.2, -0.15) is 13.2 Å². The van der Waals surface area contributed by atoms with Crippen LogP contribution in [0.5, 0.6) is 5.75 Å². The molecule has 27 heavy (non-hydrogen) atoms. The summed E-state index contributed by atoms with van der Waals surface area (Å²) in [6.07, 6.45) is -4.15. The van der Waals surface area contributed by atoms with Gasteiger partial charge in [0.1, 0.15) is 5.75 Å². The smallest absolute Gasteiger partial charge is 0.416 e. The molecular weight excluding hydrogens is 363 g/mol. The van der Waals surface area contributed by atoms with Crippen LogP contribution in [-0.4, -0.2) is 24.1 Å². The van der Waals surface area contributed by atoms with E-state index in [0.29, 0.717) is 17.7 Å². The summed E-state index contributed by atoms with van der Waals surface area (Å²) in [6, 6.07) is 9.07. The van der Waals surface area contributed by atoms with E-state index in [1.54, 1.807) is 18.2 Å². The Hall–Kier alpha value is -3.03. The lowest BCUT2D eigenvalue weighted by Gasteiger charge is -2.12. The molecule has 2 aromatic rings.